The summed E-state index contributed by atoms with van der Waals surface area (Å²) in [5, 5.41) is 11.7. The highest BCUT2D eigenvalue weighted by Gasteiger charge is 2.21. The molecule has 0 bridgehead atoms. The van der Waals surface area contributed by atoms with E-state index in [0.29, 0.717) is 18.6 Å². The molecule has 1 aliphatic heterocycles. The molecule has 1 aromatic carbocycles. The second-order valence-corrected chi connectivity index (χ2v) is 5.03. The van der Waals surface area contributed by atoms with Gasteiger partial charge in [-0.1, -0.05) is 18.2 Å². The molecule has 1 atom stereocenters. The normalized spacial score (nSPS) is 16.3. The van der Waals surface area contributed by atoms with Crippen LogP contribution in [-0.2, 0) is 6.42 Å². The fourth-order valence-corrected chi connectivity index (χ4v) is 2.34. The number of ether oxygens (including phenoxy) is 1. The van der Waals surface area contributed by atoms with Gasteiger partial charge in [-0.05, 0) is 30.2 Å². The van der Waals surface area contributed by atoms with Crippen LogP contribution in [0.3, 0.4) is 0 Å². The van der Waals surface area contributed by atoms with Crippen LogP contribution in [0.15, 0.2) is 42.6 Å². The highest BCUT2D eigenvalue weighted by molar-refractivity contribution is 5.95. The van der Waals surface area contributed by atoms with Gasteiger partial charge in [-0.3, -0.25) is 4.79 Å². The van der Waals surface area contributed by atoms with Gasteiger partial charge in [0.25, 0.3) is 5.91 Å². The van der Waals surface area contributed by atoms with Crippen LogP contribution in [0.4, 0.5) is 0 Å². The van der Waals surface area contributed by atoms with Gasteiger partial charge in [0.1, 0.15) is 18.1 Å². The van der Waals surface area contributed by atoms with Crippen molar-refractivity contribution in [1.29, 1.82) is 0 Å². The molecule has 2 heterocycles. The summed E-state index contributed by atoms with van der Waals surface area (Å²) in [5.41, 5.74) is 1.29. The topological polar surface area (TPSA) is 88.5 Å². The molecule has 22 heavy (non-hydrogen) atoms. The summed E-state index contributed by atoms with van der Waals surface area (Å²) in [6.45, 7) is 0.406. The predicted octanol–water partition coefficient (Wildman–Crippen LogP) is 1.51. The number of benzene rings is 1. The zero-order valence-electron chi connectivity index (χ0n) is 11.7. The molecule has 112 valence electrons. The summed E-state index contributed by atoms with van der Waals surface area (Å²) in [6, 6.07) is 10.3. The Morgan fingerprint density at radius 2 is 2.05 bits per heavy atom. The number of carbonyl (C=O) groups is 2. The number of amides is 1. The first-order valence-electron chi connectivity index (χ1n) is 6.84. The molecular weight excluding hydrogens is 284 g/mol. The minimum atomic E-state index is -1.12. The maximum atomic E-state index is 12.2. The molecule has 0 radical (unpaired) electrons. The van der Waals surface area contributed by atoms with Crippen molar-refractivity contribution in [1.82, 2.24) is 10.3 Å². The van der Waals surface area contributed by atoms with Crippen molar-refractivity contribution in [2.75, 3.05) is 6.61 Å². The number of nitrogens with one attached hydrogen (secondary N) is 1. The second kappa shape index (κ2) is 5.85. The van der Waals surface area contributed by atoms with Gasteiger partial charge in [0.05, 0.1) is 11.6 Å². The Kier molecular flexibility index (Phi) is 3.74. The Morgan fingerprint density at radius 1 is 1.23 bits per heavy atom. The molecule has 1 aliphatic rings. The van der Waals surface area contributed by atoms with Gasteiger partial charge < -0.3 is 15.2 Å². The summed E-state index contributed by atoms with van der Waals surface area (Å²) in [7, 11) is 0. The van der Waals surface area contributed by atoms with Gasteiger partial charge in [0.2, 0.25) is 0 Å². The maximum Gasteiger partial charge on any atom is 0.354 e. The molecule has 2 N–H and O–H groups in total. The molecule has 0 fully saturated rings. The Morgan fingerprint density at radius 3 is 2.77 bits per heavy atom. The lowest BCUT2D eigenvalue weighted by atomic mass is 10.0. The van der Waals surface area contributed by atoms with Crippen LogP contribution < -0.4 is 10.1 Å². The summed E-state index contributed by atoms with van der Waals surface area (Å²) < 4.78 is 5.62. The number of hydrogen-bond acceptors (Lipinski definition) is 4. The first-order chi connectivity index (χ1) is 10.6. The summed E-state index contributed by atoms with van der Waals surface area (Å²) in [6.07, 6.45) is 1.96. The van der Waals surface area contributed by atoms with Gasteiger partial charge in [-0.2, -0.15) is 0 Å². The molecule has 6 nitrogen and oxygen atoms in total. The van der Waals surface area contributed by atoms with Crippen LogP contribution in [0.1, 0.15) is 26.4 Å². The Hall–Kier alpha value is -2.89. The van der Waals surface area contributed by atoms with Crippen molar-refractivity contribution >= 4 is 11.9 Å². The van der Waals surface area contributed by atoms with E-state index < -0.39 is 5.97 Å². The minimum absolute atomic E-state index is 0.0912. The fourth-order valence-electron chi connectivity index (χ4n) is 2.34. The van der Waals surface area contributed by atoms with E-state index in [2.05, 4.69) is 10.3 Å². The van der Waals surface area contributed by atoms with Gasteiger partial charge in [0.15, 0.2) is 0 Å². The number of rotatable bonds is 3. The molecule has 1 amide bonds. The molecule has 3 rings (SSSR count). The first-order valence-corrected chi connectivity index (χ1v) is 6.84. The lowest BCUT2D eigenvalue weighted by Crippen LogP contribution is -2.42. The van der Waals surface area contributed by atoms with Crippen molar-refractivity contribution in [3.63, 3.8) is 0 Å². The van der Waals surface area contributed by atoms with E-state index in [1.54, 1.807) is 0 Å². The molecule has 0 saturated carbocycles. The van der Waals surface area contributed by atoms with E-state index in [0.717, 1.165) is 11.3 Å². The van der Waals surface area contributed by atoms with E-state index in [9.17, 15) is 9.59 Å². The van der Waals surface area contributed by atoms with Gasteiger partial charge in [0, 0.05) is 6.20 Å². The van der Waals surface area contributed by atoms with Crippen molar-refractivity contribution in [3.8, 4) is 5.75 Å². The number of carbonyl (C=O) groups excluding carboxylic acids is 1. The molecule has 1 unspecified atom stereocenters. The monoisotopic (exact) mass is 298 g/mol. The second-order valence-electron chi connectivity index (χ2n) is 5.03. The largest absolute Gasteiger partial charge is 0.491 e. The molecule has 2 aromatic rings. The van der Waals surface area contributed by atoms with Gasteiger partial charge >= 0.3 is 5.97 Å². The number of aromatic nitrogens is 1. The van der Waals surface area contributed by atoms with Crippen LogP contribution in [0, 0.1) is 0 Å². The van der Waals surface area contributed by atoms with Gasteiger partial charge in [-0.25, -0.2) is 9.78 Å². The lowest BCUT2D eigenvalue weighted by molar-refractivity contribution is 0.0689. The third-order valence-electron chi connectivity index (χ3n) is 3.46. The molecule has 0 aliphatic carbocycles. The van der Waals surface area contributed by atoms with Crippen molar-refractivity contribution in [3.05, 3.63) is 59.4 Å². The minimum Gasteiger partial charge on any atom is -0.491 e. The standard InChI is InChI=1S/C16H14N2O4/c19-15(11-5-6-13(16(20)21)17-8-11)18-12-7-10-3-1-2-4-14(10)22-9-12/h1-6,8,12H,7,9H2,(H,18,19)(H,20,21). The Balaban J connectivity index is 1.66. The van der Waals surface area contributed by atoms with Gasteiger partial charge in [-0.15, -0.1) is 0 Å². The van der Waals surface area contributed by atoms with Crippen molar-refractivity contribution in [2.24, 2.45) is 0 Å². The third-order valence-corrected chi connectivity index (χ3v) is 3.46. The lowest BCUT2D eigenvalue weighted by Gasteiger charge is -2.26. The van der Waals surface area contributed by atoms with Crippen LogP contribution in [0.5, 0.6) is 5.75 Å². The quantitative estimate of drug-likeness (QED) is 0.896. The highest BCUT2D eigenvalue weighted by atomic mass is 16.5. The van der Waals surface area contributed by atoms with E-state index in [1.165, 1.54) is 18.3 Å². The molecule has 0 saturated heterocycles. The van der Waals surface area contributed by atoms with Crippen LogP contribution >= 0.6 is 0 Å². The smallest absolute Gasteiger partial charge is 0.354 e. The van der Waals surface area contributed by atoms with Crippen LogP contribution in [0.25, 0.3) is 0 Å². The zero-order valence-corrected chi connectivity index (χ0v) is 11.7. The SMILES string of the molecule is O=C(NC1COc2ccccc2C1)c1ccc(C(=O)O)nc1. The number of nitrogens with zero attached hydrogens (tertiary/aromatic N) is 1. The molecule has 6 heteroatoms. The summed E-state index contributed by atoms with van der Waals surface area (Å²) in [4.78, 5) is 26.6. The molecule has 0 spiro atoms. The number of para-hydroxylation sites is 1. The Labute approximate surface area is 126 Å². The molecule has 1 aromatic heterocycles. The van der Waals surface area contributed by atoms with E-state index >= 15 is 0 Å². The maximum absolute atomic E-state index is 12.2. The predicted molar refractivity (Wildman–Crippen MR) is 78.1 cm³/mol. The zero-order chi connectivity index (χ0) is 15.5. The van der Waals surface area contributed by atoms with E-state index in [-0.39, 0.29) is 17.6 Å². The van der Waals surface area contributed by atoms with E-state index in [4.69, 9.17) is 9.84 Å². The number of carboxylic acids is 1. The van der Waals surface area contributed by atoms with Crippen molar-refractivity contribution < 1.29 is 19.4 Å². The number of carboxylic acid groups (broad SMARTS) is 1. The number of fused-ring (bicyclic) bond motifs is 1. The molecular formula is C16H14N2O4. The van der Waals surface area contributed by atoms with Crippen LogP contribution in [0.2, 0.25) is 0 Å². The number of hydrogen-bond donors (Lipinski definition) is 2. The highest BCUT2D eigenvalue weighted by Crippen LogP contribution is 2.23. The number of aromatic carboxylic acids is 1. The average molecular weight is 298 g/mol. The van der Waals surface area contributed by atoms with Crippen molar-refractivity contribution in [2.45, 2.75) is 12.5 Å². The van der Waals surface area contributed by atoms with Crippen LogP contribution in [-0.4, -0.2) is 34.6 Å². The average Bonchev–Trinajstić information content (AvgIpc) is 2.55. The number of pyridine rings is 1. The third kappa shape index (κ3) is 2.90. The Bertz CT molecular complexity index is 712. The summed E-state index contributed by atoms with van der Waals surface area (Å²) >= 11 is 0. The van der Waals surface area contributed by atoms with E-state index in [1.807, 2.05) is 24.3 Å². The summed E-state index contributed by atoms with van der Waals surface area (Å²) in [5.74, 6) is -0.567. The first kappa shape index (κ1) is 14.1. The fraction of sp³-hybridized carbons (Fsp3) is 0.188.